The first-order valence-corrected chi connectivity index (χ1v) is 7.00. The molecular weight excluding hydrogens is 278 g/mol. The van der Waals surface area contributed by atoms with E-state index < -0.39 is 38.7 Å². The van der Waals surface area contributed by atoms with Crippen molar-refractivity contribution in [1.82, 2.24) is 0 Å². The number of benzene rings is 1. The van der Waals surface area contributed by atoms with Crippen molar-refractivity contribution in [3.8, 4) is 5.75 Å². The van der Waals surface area contributed by atoms with Gasteiger partial charge < -0.3 is 15.6 Å². The Morgan fingerprint density at radius 2 is 2.33 bits per heavy atom. The number of hydrogen-bond acceptors (Lipinski definition) is 5. The maximum absolute atomic E-state index is 12.9. The van der Waals surface area contributed by atoms with Crippen LogP contribution >= 0.6 is 11.6 Å². The normalized spacial score (nSPS) is 27.5. The number of rotatable bonds is 2. The van der Waals surface area contributed by atoms with Gasteiger partial charge in [0.15, 0.2) is 15.6 Å². The van der Waals surface area contributed by atoms with Gasteiger partial charge in [-0.2, -0.15) is 0 Å². The number of nitrogen functional groups attached to an aromatic ring is 1. The SMILES string of the molecule is [2H]C([2H])([2H])C1(S(=O)(=O)c2c(Cl)ccc(N)c2O)CCOC1. The van der Waals surface area contributed by atoms with E-state index in [-0.39, 0.29) is 23.7 Å². The zero-order valence-corrected chi connectivity index (χ0v) is 10.9. The topological polar surface area (TPSA) is 89.6 Å². The summed E-state index contributed by atoms with van der Waals surface area (Å²) >= 11 is 5.86. The lowest BCUT2D eigenvalue weighted by Gasteiger charge is -2.23. The fraction of sp³-hybridized carbons (Fsp3) is 0.455. The van der Waals surface area contributed by atoms with Gasteiger partial charge in [-0.3, -0.25) is 0 Å². The van der Waals surface area contributed by atoms with Crippen LogP contribution in [0.15, 0.2) is 17.0 Å². The van der Waals surface area contributed by atoms with Gasteiger partial charge in [0, 0.05) is 10.7 Å². The summed E-state index contributed by atoms with van der Waals surface area (Å²) in [7, 11) is -4.49. The zero-order chi connectivity index (χ0) is 16.1. The summed E-state index contributed by atoms with van der Waals surface area (Å²) in [6.07, 6.45) is -0.212. The molecule has 0 radical (unpaired) electrons. The predicted octanol–water partition coefficient (Wildman–Crippen LogP) is 1.58. The lowest BCUT2D eigenvalue weighted by molar-refractivity contribution is 0.191. The minimum Gasteiger partial charge on any atom is -0.504 e. The molecule has 1 heterocycles. The van der Waals surface area contributed by atoms with E-state index >= 15 is 0 Å². The molecule has 1 unspecified atom stereocenters. The van der Waals surface area contributed by atoms with Crippen LogP contribution in [0.4, 0.5) is 5.69 Å². The number of phenolic OH excluding ortho intramolecular Hbond substituents is 1. The summed E-state index contributed by atoms with van der Waals surface area (Å²) in [5.74, 6) is -0.738. The van der Waals surface area contributed by atoms with Crippen LogP contribution in [0.5, 0.6) is 5.75 Å². The second-order valence-electron chi connectivity index (χ2n) is 4.11. The Balaban J connectivity index is 2.75. The molecule has 0 spiro atoms. The molecule has 5 nitrogen and oxygen atoms in total. The highest BCUT2D eigenvalue weighted by Crippen LogP contribution is 2.42. The van der Waals surface area contributed by atoms with E-state index in [0.717, 1.165) is 0 Å². The summed E-state index contributed by atoms with van der Waals surface area (Å²) in [4.78, 5) is -0.661. The Bertz CT molecular complexity index is 669. The average molecular weight is 295 g/mol. The van der Waals surface area contributed by atoms with Crippen LogP contribution in [0, 0.1) is 0 Å². The van der Waals surface area contributed by atoms with Crippen molar-refractivity contribution in [2.24, 2.45) is 0 Å². The molecule has 2 rings (SSSR count). The van der Waals surface area contributed by atoms with Crippen molar-refractivity contribution in [2.45, 2.75) is 22.9 Å². The second kappa shape index (κ2) is 4.29. The van der Waals surface area contributed by atoms with Crippen LogP contribution in [-0.2, 0) is 14.6 Å². The van der Waals surface area contributed by atoms with Crippen LogP contribution in [0.25, 0.3) is 0 Å². The Morgan fingerprint density at radius 3 is 2.89 bits per heavy atom. The third kappa shape index (κ3) is 1.84. The highest BCUT2D eigenvalue weighted by molar-refractivity contribution is 7.93. The number of sulfone groups is 1. The fourth-order valence-corrected chi connectivity index (χ4v) is 3.91. The third-order valence-corrected chi connectivity index (χ3v) is 5.61. The Labute approximate surface area is 115 Å². The van der Waals surface area contributed by atoms with Crippen LogP contribution < -0.4 is 5.73 Å². The van der Waals surface area contributed by atoms with Gasteiger partial charge in [0.25, 0.3) is 0 Å². The first kappa shape index (κ1) is 9.89. The van der Waals surface area contributed by atoms with Crippen molar-refractivity contribution in [2.75, 3.05) is 18.9 Å². The zero-order valence-electron chi connectivity index (χ0n) is 12.3. The number of aromatic hydroxyl groups is 1. The van der Waals surface area contributed by atoms with E-state index in [1.54, 1.807) is 0 Å². The maximum Gasteiger partial charge on any atom is 0.191 e. The molecule has 0 aliphatic carbocycles. The maximum atomic E-state index is 12.9. The monoisotopic (exact) mass is 294 g/mol. The van der Waals surface area contributed by atoms with E-state index in [2.05, 4.69) is 0 Å². The Kier molecular flexibility index (Phi) is 2.36. The van der Waals surface area contributed by atoms with Crippen LogP contribution in [0.1, 0.15) is 17.4 Å². The molecule has 0 bridgehead atoms. The highest BCUT2D eigenvalue weighted by Gasteiger charge is 2.46. The van der Waals surface area contributed by atoms with E-state index in [9.17, 15) is 13.5 Å². The molecule has 7 heteroatoms. The van der Waals surface area contributed by atoms with Gasteiger partial charge in [-0.05, 0) is 25.4 Å². The number of ether oxygens (including phenoxy) is 1. The molecule has 0 aromatic heterocycles. The molecule has 1 aromatic rings. The molecule has 1 atom stereocenters. The smallest absolute Gasteiger partial charge is 0.191 e. The van der Waals surface area contributed by atoms with Crippen LogP contribution in [0.2, 0.25) is 5.02 Å². The van der Waals surface area contributed by atoms with E-state index in [0.29, 0.717) is 0 Å². The van der Waals surface area contributed by atoms with Gasteiger partial charge >= 0.3 is 0 Å². The molecule has 0 amide bonds. The van der Waals surface area contributed by atoms with Gasteiger partial charge in [0.1, 0.15) is 4.90 Å². The fourth-order valence-electron chi connectivity index (χ4n) is 1.77. The van der Waals surface area contributed by atoms with Crippen molar-refractivity contribution in [3.05, 3.63) is 17.2 Å². The van der Waals surface area contributed by atoms with Gasteiger partial charge in [0.05, 0.1) is 22.1 Å². The molecule has 1 aliphatic heterocycles. The summed E-state index contributed by atoms with van der Waals surface area (Å²) in [5, 5.41) is 9.66. The van der Waals surface area contributed by atoms with Crippen molar-refractivity contribution >= 4 is 27.1 Å². The van der Waals surface area contributed by atoms with Gasteiger partial charge in [0.2, 0.25) is 0 Å². The summed E-state index contributed by atoms with van der Waals surface area (Å²) in [5.41, 5.74) is 5.30. The third-order valence-electron chi connectivity index (χ3n) is 2.88. The van der Waals surface area contributed by atoms with Crippen molar-refractivity contribution < 1.29 is 22.4 Å². The number of anilines is 1. The lowest BCUT2D eigenvalue weighted by Crippen LogP contribution is -2.36. The molecule has 3 N–H and O–H groups in total. The molecule has 1 saturated heterocycles. The van der Waals surface area contributed by atoms with Crippen LogP contribution in [-0.4, -0.2) is 31.5 Å². The second-order valence-corrected chi connectivity index (χ2v) is 6.72. The molecule has 1 fully saturated rings. The van der Waals surface area contributed by atoms with E-state index in [1.165, 1.54) is 12.1 Å². The lowest BCUT2D eigenvalue weighted by atomic mass is 10.1. The molecule has 18 heavy (non-hydrogen) atoms. The molecule has 0 saturated carbocycles. The van der Waals surface area contributed by atoms with Crippen LogP contribution in [0.3, 0.4) is 0 Å². The van der Waals surface area contributed by atoms with Gasteiger partial charge in [-0.15, -0.1) is 0 Å². The predicted molar refractivity (Wildman–Crippen MR) is 68.6 cm³/mol. The summed E-state index contributed by atoms with van der Waals surface area (Å²) < 4.78 is 51.4. The number of halogens is 1. The largest absolute Gasteiger partial charge is 0.504 e. The number of nitrogens with two attached hydrogens (primary N) is 1. The van der Waals surface area contributed by atoms with E-state index in [4.69, 9.17) is 26.2 Å². The molecule has 1 aliphatic rings. The minimum atomic E-state index is -4.49. The van der Waals surface area contributed by atoms with Crippen molar-refractivity contribution in [1.29, 1.82) is 0 Å². The highest BCUT2D eigenvalue weighted by atomic mass is 35.5. The summed E-state index contributed by atoms with van der Waals surface area (Å²) in [6.45, 7) is -3.32. The first-order valence-electron chi connectivity index (χ1n) is 6.64. The van der Waals surface area contributed by atoms with Gasteiger partial charge in [-0.1, -0.05) is 11.6 Å². The van der Waals surface area contributed by atoms with E-state index in [1.807, 2.05) is 0 Å². The van der Waals surface area contributed by atoms with Crippen molar-refractivity contribution in [3.63, 3.8) is 0 Å². The Morgan fingerprint density at radius 1 is 1.61 bits per heavy atom. The molecular formula is C11H14ClNO4S. The Hall–Kier alpha value is -0.980. The van der Waals surface area contributed by atoms with Gasteiger partial charge in [-0.25, -0.2) is 8.42 Å². The number of phenols is 1. The average Bonchev–Trinajstić information content (AvgIpc) is 2.84. The number of hydrogen-bond donors (Lipinski definition) is 2. The molecule has 1 aromatic carbocycles. The first-order chi connectivity index (χ1) is 9.54. The quantitative estimate of drug-likeness (QED) is 0.638. The summed E-state index contributed by atoms with van der Waals surface area (Å²) in [6, 6.07) is 2.44. The standard InChI is InChI=1S/C11H14ClNO4S/c1-11(4-5-17-6-11)18(15,16)10-7(12)2-3-8(13)9(10)14/h2-3,14H,4-6,13H2,1H3/i1D3. The molecule has 100 valence electrons. The minimum absolute atomic E-state index is 0.00167.